The molecular formula is C22H26N4O3. The molecule has 152 valence electrons. The van der Waals surface area contributed by atoms with E-state index < -0.39 is 5.97 Å². The second-order valence-electron chi connectivity index (χ2n) is 7.19. The number of methoxy groups -OCH3 is 1. The molecule has 0 radical (unpaired) electrons. The summed E-state index contributed by atoms with van der Waals surface area (Å²) in [6, 6.07) is 13.8. The van der Waals surface area contributed by atoms with Crippen LogP contribution in [0.25, 0.3) is 11.4 Å². The van der Waals surface area contributed by atoms with E-state index in [9.17, 15) is 4.79 Å². The largest absolute Gasteiger partial charge is 0.463 e. The van der Waals surface area contributed by atoms with Crippen molar-refractivity contribution in [3.8, 4) is 11.4 Å². The van der Waals surface area contributed by atoms with Crippen molar-refractivity contribution in [2.75, 3.05) is 39.8 Å². The molecule has 0 aliphatic carbocycles. The lowest BCUT2D eigenvalue weighted by atomic mass is 10.2. The van der Waals surface area contributed by atoms with Gasteiger partial charge in [-0.25, -0.2) is 9.78 Å². The summed E-state index contributed by atoms with van der Waals surface area (Å²) in [6.07, 6.45) is 3.92. The van der Waals surface area contributed by atoms with Gasteiger partial charge in [0.2, 0.25) is 5.76 Å². The highest BCUT2D eigenvalue weighted by Crippen LogP contribution is 2.17. The Labute approximate surface area is 170 Å². The van der Waals surface area contributed by atoms with E-state index in [4.69, 9.17) is 4.42 Å². The molecule has 0 unspecified atom stereocenters. The Balaban J connectivity index is 1.25. The maximum Gasteiger partial charge on any atom is 0.373 e. The molecule has 7 nitrogen and oxygen atoms in total. The first kappa shape index (κ1) is 19.4. The lowest BCUT2D eigenvalue weighted by Crippen LogP contribution is -2.46. The molecule has 0 atom stereocenters. The second-order valence-corrected chi connectivity index (χ2v) is 7.19. The van der Waals surface area contributed by atoms with Gasteiger partial charge in [0.1, 0.15) is 11.6 Å². The number of furan rings is 1. The average molecular weight is 394 g/mol. The highest BCUT2D eigenvalue weighted by atomic mass is 16.5. The number of benzene rings is 1. The Morgan fingerprint density at radius 3 is 2.55 bits per heavy atom. The summed E-state index contributed by atoms with van der Waals surface area (Å²) in [5.41, 5.74) is 1.15. The van der Waals surface area contributed by atoms with Gasteiger partial charge in [-0.1, -0.05) is 30.3 Å². The first-order valence-electron chi connectivity index (χ1n) is 9.91. The number of rotatable bonds is 7. The van der Waals surface area contributed by atoms with Crippen LogP contribution in [0.3, 0.4) is 0 Å². The van der Waals surface area contributed by atoms with E-state index in [1.165, 1.54) is 7.11 Å². The number of esters is 1. The molecular weight excluding hydrogens is 368 g/mol. The van der Waals surface area contributed by atoms with Crippen LogP contribution in [-0.4, -0.2) is 65.2 Å². The van der Waals surface area contributed by atoms with Crippen LogP contribution in [0.5, 0.6) is 0 Å². The third-order valence-corrected chi connectivity index (χ3v) is 5.30. The molecule has 1 aromatic carbocycles. The number of hydrogen-bond acceptors (Lipinski definition) is 6. The van der Waals surface area contributed by atoms with Crippen molar-refractivity contribution in [1.29, 1.82) is 0 Å². The lowest BCUT2D eigenvalue weighted by Gasteiger charge is -2.34. The highest BCUT2D eigenvalue weighted by Gasteiger charge is 2.19. The van der Waals surface area contributed by atoms with E-state index in [1.807, 2.05) is 36.7 Å². The molecule has 2 aromatic heterocycles. The van der Waals surface area contributed by atoms with Gasteiger partial charge in [-0.3, -0.25) is 9.80 Å². The second kappa shape index (κ2) is 9.07. The summed E-state index contributed by atoms with van der Waals surface area (Å²) < 4.78 is 12.5. The van der Waals surface area contributed by atoms with E-state index in [-0.39, 0.29) is 5.76 Å². The summed E-state index contributed by atoms with van der Waals surface area (Å²) in [5.74, 6) is 1.64. The number of aromatic nitrogens is 2. The van der Waals surface area contributed by atoms with Gasteiger partial charge in [0, 0.05) is 57.2 Å². The number of hydrogen-bond donors (Lipinski definition) is 0. The van der Waals surface area contributed by atoms with Crippen LogP contribution in [-0.2, 0) is 17.8 Å². The van der Waals surface area contributed by atoms with Gasteiger partial charge in [-0.05, 0) is 12.1 Å². The van der Waals surface area contributed by atoms with Crippen LogP contribution >= 0.6 is 0 Å². The molecule has 1 aliphatic rings. The van der Waals surface area contributed by atoms with Crippen LogP contribution in [0.15, 0.2) is 59.3 Å². The van der Waals surface area contributed by atoms with Gasteiger partial charge in [0.25, 0.3) is 0 Å². The molecule has 0 N–H and O–H groups in total. The maximum atomic E-state index is 11.5. The van der Waals surface area contributed by atoms with Gasteiger partial charge < -0.3 is 13.7 Å². The molecule has 1 saturated heterocycles. The van der Waals surface area contributed by atoms with E-state index in [1.54, 1.807) is 6.07 Å². The van der Waals surface area contributed by atoms with Crippen LogP contribution in [0.2, 0.25) is 0 Å². The normalized spacial score (nSPS) is 15.5. The van der Waals surface area contributed by atoms with Crippen LogP contribution in [0.4, 0.5) is 0 Å². The van der Waals surface area contributed by atoms with Gasteiger partial charge >= 0.3 is 5.97 Å². The minimum absolute atomic E-state index is 0.260. The summed E-state index contributed by atoms with van der Waals surface area (Å²) in [7, 11) is 1.36. The SMILES string of the molecule is COC(=O)c1ccc(CN2CCN(CCn3ccnc3-c3ccccc3)CC2)o1. The molecule has 3 aromatic rings. The summed E-state index contributed by atoms with van der Waals surface area (Å²) in [4.78, 5) is 20.9. The third kappa shape index (κ3) is 4.75. The number of ether oxygens (including phenoxy) is 1. The van der Waals surface area contributed by atoms with Crippen LogP contribution in [0.1, 0.15) is 16.3 Å². The number of carbonyl (C=O) groups excluding carboxylic acids is 1. The molecule has 29 heavy (non-hydrogen) atoms. The molecule has 4 rings (SSSR count). The number of carbonyl (C=O) groups is 1. The van der Waals surface area contributed by atoms with Gasteiger partial charge in [-0.15, -0.1) is 0 Å². The molecule has 0 spiro atoms. The Kier molecular flexibility index (Phi) is 6.07. The van der Waals surface area contributed by atoms with Crippen LogP contribution in [0, 0.1) is 0 Å². The van der Waals surface area contributed by atoms with Crippen molar-refractivity contribution in [1.82, 2.24) is 19.4 Å². The predicted molar refractivity (Wildman–Crippen MR) is 109 cm³/mol. The molecule has 0 amide bonds. The zero-order chi connectivity index (χ0) is 20.1. The fourth-order valence-electron chi connectivity index (χ4n) is 3.65. The fourth-order valence-corrected chi connectivity index (χ4v) is 3.65. The third-order valence-electron chi connectivity index (χ3n) is 5.30. The van der Waals surface area contributed by atoms with Gasteiger partial charge in [0.05, 0.1) is 13.7 Å². The Morgan fingerprint density at radius 1 is 1.03 bits per heavy atom. The summed E-state index contributed by atoms with van der Waals surface area (Å²) in [6.45, 7) is 6.61. The monoisotopic (exact) mass is 394 g/mol. The van der Waals surface area contributed by atoms with E-state index in [0.717, 1.165) is 56.4 Å². The van der Waals surface area contributed by atoms with Crippen molar-refractivity contribution >= 4 is 5.97 Å². The van der Waals surface area contributed by atoms with Crippen molar-refractivity contribution in [3.63, 3.8) is 0 Å². The summed E-state index contributed by atoms with van der Waals surface area (Å²) in [5, 5.41) is 0. The van der Waals surface area contributed by atoms with Crippen LogP contribution < -0.4 is 0 Å². The Hall–Kier alpha value is -2.90. The number of piperazine rings is 1. The lowest BCUT2D eigenvalue weighted by molar-refractivity contribution is 0.0559. The molecule has 0 bridgehead atoms. The van der Waals surface area contributed by atoms with Gasteiger partial charge in [0.15, 0.2) is 0 Å². The minimum atomic E-state index is -0.435. The zero-order valence-corrected chi connectivity index (χ0v) is 16.7. The molecule has 1 fully saturated rings. The van der Waals surface area contributed by atoms with Crippen molar-refractivity contribution < 1.29 is 13.9 Å². The first-order valence-corrected chi connectivity index (χ1v) is 9.91. The quantitative estimate of drug-likeness (QED) is 0.574. The number of nitrogens with zero attached hydrogens (tertiary/aromatic N) is 4. The average Bonchev–Trinajstić information content (AvgIpc) is 3.43. The standard InChI is InChI=1S/C22H26N4O3/c1-28-22(27)20-8-7-19(29-20)17-25-13-11-24(12-14-25)15-16-26-10-9-23-21(26)18-5-3-2-4-6-18/h2-10H,11-17H2,1H3. The topological polar surface area (TPSA) is 63.7 Å². The maximum absolute atomic E-state index is 11.5. The fraction of sp³-hybridized carbons (Fsp3) is 0.364. The Bertz CT molecular complexity index is 926. The van der Waals surface area contributed by atoms with Crippen molar-refractivity contribution in [2.45, 2.75) is 13.1 Å². The van der Waals surface area contributed by atoms with E-state index >= 15 is 0 Å². The van der Waals surface area contributed by atoms with Crippen molar-refractivity contribution in [3.05, 3.63) is 66.4 Å². The smallest absolute Gasteiger partial charge is 0.373 e. The zero-order valence-electron chi connectivity index (χ0n) is 16.7. The predicted octanol–water partition coefficient (Wildman–Crippen LogP) is 2.75. The summed E-state index contributed by atoms with van der Waals surface area (Å²) >= 11 is 0. The minimum Gasteiger partial charge on any atom is -0.463 e. The Morgan fingerprint density at radius 2 is 1.79 bits per heavy atom. The highest BCUT2D eigenvalue weighted by molar-refractivity contribution is 5.86. The van der Waals surface area contributed by atoms with E-state index in [2.05, 4.69) is 36.2 Å². The number of imidazole rings is 1. The molecule has 0 saturated carbocycles. The molecule has 1 aliphatic heterocycles. The molecule has 7 heteroatoms. The van der Waals surface area contributed by atoms with Gasteiger partial charge in [-0.2, -0.15) is 0 Å². The molecule has 3 heterocycles. The van der Waals surface area contributed by atoms with Crippen molar-refractivity contribution in [2.24, 2.45) is 0 Å². The first-order chi connectivity index (χ1) is 14.2. The van der Waals surface area contributed by atoms with E-state index in [0.29, 0.717) is 6.54 Å².